The number of guanidine groups is 1. The van der Waals surface area contributed by atoms with Gasteiger partial charge >= 0.3 is 0 Å². The Morgan fingerprint density at radius 2 is 1.96 bits per heavy atom. The van der Waals surface area contributed by atoms with E-state index in [4.69, 9.17) is 0 Å². The molecule has 2 rings (SSSR count). The zero-order valence-electron chi connectivity index (χ0n) is 17.2. The number of nitrogens with one attached hydrogen (secondary N) is 2. The molecule has 0 aliphatic carbocycles. The largest absolute Gasteiger partial charge is 0.354 e. The van der Waals surface area contributed by atoms with Crippen LogP contribution >= 0.6 is 0 Å². The number of hydrogen-bond donors (Lipinski definition) is 2. The lowest BCUT2D eigenvalue weighted by molar-refractivity contribution is 0.0950. The van der Waals surface area contributed by atoms with Gasteiger partial charge in [-0.15, -0.1) is 0 Å². The number of nitrogens with zero attached hydrogens (tertiary/aromatic N) is 4. The second-order valence-electron chi connectivity index (χ2n) is 6.93. The Balaban J connectivity index is 1.86. The predicted octanol–water partition coefficient (Wildman–Crippen LogP) is 2.12. The van der Waals surface area contributed by atoms with E-state index in [1.807, 2.05) is 29.9 Å². The van der Waals surface area contributed by atoms with Crippen LogP contribution in [0.1, 0.15) is 41.4 Å². The second kappa shape index (κ2) is 9.87. The maximum atomic E-state index is 13.6. The lowest BCUT2D eigenvalue weighted by atomic mass is 10.1. The average Bonchev–Trinajstić information content (AvgIpc) is 3.02. The quantitative estimate of drug-likeness (QED) is 0.433. The molecule has 0 unspecified atom stereocenters. The highest BCUT2D eigenvalue weighted by atomic mass is 19.1. The van der Waals surface area contributed by atoms with E-state index in [0.717, 1.165) is 11.3 Å². The number of benzene rings is 1. The third-order valence-corrected chi connectivity index (χ3v) is 4.28. The summed E-state index contributed by atoms with van der Waals surface area (Å²) in [7, 11) is 5.58. The van der Waals surface area contributed by atoms with E-state index in [1.165, 1.54) is 12.1 Å². The molecule has 1 aromatic carbocycles. The first-order chi connectivity index (χ1) is 13.3. The van der Waals surface area contributed by atoms with Gasteiger partial charge in [-0.2, -0.15) is 5.10 Å². The van der Waals surface area contributed by atoms with Crippen molar-refractivity contribution in [3.05, 3.63) is 53.1 Å². The maximum absolute atomic E-state index is 13.6. The van der Waals surface area contributed by atoms with Gasteiger partial charge in [0.2, 0.25) is 0 Å². The Bertz CT molecular complexity index is 830. The number of halogens is 1. The average molecular weight is 388 g/mol. The first-order valence-electron chi connectivity index (χ1n) is 9.30. The Morgan fingerprint density at radius 1 is 1.29 bits per heavy atom. The van der Waals surface area contributed by atoms with Crippen molar-refractivity contribution in [1.29, 1.82) is 0 Å². The van der Waals surface area contributed by atoms with Crippen LogP contribution in [0, 0.1) is 5.82 Å². The summed E-state index contributed by atoms with van der Waals surface area (Å²) in [4.78, 5) is 18.3. The number of aliphatic imine (C=N–C) groups is 1. The first kappa shape index (κ1) is 21.4. The van der Waals surface area contributed by atoms with Gasteiger partial charge in [0.25, 0.3) is 5.91 Å². The maximum Gasteiger partial charge on any atom is 0.254 e. The second-order valence-corrected chi connectivity index (χ2v) is 6.93. The molecular weight excluding hydrogens is 359 g/mol. The van der Waals surface area contributed by atoms with Gasteiger partial charge < -0.3 is 15.5 Å². The summed E-state index contributed by atoms with van der Waals surface area (Å²) in [6.07, 6.45) is 2.02. The van der Waals surface area contributed by atoms with Crippen LogP contribution in [0.4, 0.5) is 4.39 Å². The monoisotopic (exact) mass is 388 g/mol. The summed E-state index contributed by atoms with van der Waals surface area (Å²) in [5, 5.41) is 10.4. The van der Waals surface area contributed by atoms with Crippen LogP contribution < -0.4 is 10.6 Å². The van der Waals surface area contributed by atoms with E-state index < -0.39 is 11.7 Å². The van der Waals surface area contributed by atoms with E-state index >= 15 is 0 Å². The van der Waals surface area contributed by atoms with Crippen LogP contribution in [-0.4, -0.2) is 53.7 Å². The Labute approximate surface area is 165 Å². The number of carbonyl (C=O) groups is 1. The van der Waals surface area contributed by atoms with Gasteiger partial charge in [-0.3, -0.25) is 14.5 Å². The number of rotatable bonds is 7. The predicted molar refractivity (Wildman–Crippen MR) is 109 cm³/mol. The summed E-state index contributed by atoms with van der Waals surface area (Å²) in [5.41, 5.74) is 2.26. The third kappa shape index (κ3) is 5.55. The number of aryl methyl sites for hydroxylation is 1. The summed E-state index contributed by atoms with van der Waals surface area (Å²) < 4.78 is 15.5. The van der Waals surface area contributed by atoms with Gasteiger partial charge in [-0.05, 0) is 18.1 Å². The fraction of sp³-hybridized carbons (Fsp3) is 0.450. The molecule has 7 nitrogen and oxygen atoms in total. The molecule has 8 heteroatoms. The minimum atomic E-state index is -0.527. The zero-order valence-corrected chi connectivity index (χ0v) is 17.2. The minimum absolute atomic E-state index is 0.0433. The Hall–Kier alpha value is -2.90. The van der Waals surface area contributed by atoms with Gasteiger partial charge in [0.15, 0.2) is 5.96 Å². The topological polar surface area (TPSA) is 74.6 Å². The van der Waals surface area contributed by atoms with Crippen LogP contribution in [0.15, 0.2) is 35.5 Å². The standard InChI is InChI=1S/C20H29FN6O/c1-14(2)18-15(13-27(5)25-18)12-26(4)20(22-3)24-11-10-23-19(28)16-8-6-7-9-17(16)21/h6-9,13-14H,10-12H2,1-5H3,(H,22,24)(H,23,28). The molecule has 0 spiro atoms. The molecule has 0 bridgehead atoms. The van der Waals surface area contributed by atoms with Crippen molar-refractivity contribution >= 4 is 11.9 Å². The van der Waals surface area contributed by atoms with Crippen molar-refractivity contribution in [2.75, 3.05) is 27.2 Å². The van der Waals surface area contributed by atoms with E-state index in [-0.39, 0.29) is 5.56 Å². The summed E-state index contributed by atoms with van der Waals surface area (Å²) in [5.74, 6) is 0.0907. The number of carbonyl (C=O) groups excluding carboxylic acids is 1. The van der Waals surface area contributed by atoms with E-state index in [0.29, 0.717) is 31.5 Å². The fourth-order valence-electron chi connectivity index (χ4n) is 2.97. The third-order valence-electron chi connectivity index (χ3n) is 4.28. The van der Waals surface area contributed by atoms with Gasteiger partial charge in [0, 0.05) is 52.5 Å². The van der Waals surface area contributed by atoms with Crippen LogP contribution in [0.5, 0.6) is 0 Å². The van der Waals surface area contributed by atoms with Crippen molar-refractivity contribution in [3.63, 3.8) is 0 Å². The number of aromatic nitrogens is 2. The molecule has 0 aliphatic rings. The molecule has 152 valence electrons. The van der Waals surface area contributed by atoms with Gasteiger partial charge in [-0.1, -0.05) is 26.0 Å². The highest BCUT2D eigenvalue weighted by Gasteiger charge is 2.15. The molecule has 0 atom stereocenters. The molecule has 28 heavy (non-hydrogen) atoms. The molecule has 0 saturated heterocycles. The van der Waals surface area contributed by atoms with Crippen LogP contribution in [-0.2, 0) is 13.6 Å². The van der Waals surface area contributed by atoms with Crippen LogP contribution in [0.3, 0.4) is 0 Å². The number of amides is 1. The molecule has 2 aromatic rings. The van der Waals surface area contributed by atoms with Gasteiger partial charge in [0.05, 0.1) is 11.3 Å². The summed E-state index contributed by atoms with van der Waals surface area (Å²) in [6, 6.07) is 5.93. The molecule has 1 amide bonds. The van der Waals surface area contributed by atoms with E-state index in [1.54, 1.807) is 19.2 Å². The van der Waals surface area contributed by atoms with Crippen molar-refractivity contribution in [3.8, 4) is 0 Å². The molecule has 0 fully saturated rings. The van der Waals surface area contributed by atoms with Gasteiger partial charge in [0.1, 0.15) is 5.82 Å². The zero-order chi connectivity index (χ0) is 20.7. The molecule has 1 heterocycles. The van der Waals surface area contributed by atoms with Crippen LogP contribution in [0.25, 0.3) is 0 Å². The first-order valence-corrected chi connectivity index (χ1v) is 9.30. The van der Waals surface area contributed by atoms with Crippen molar-refractivity contribution < 1.29 is 9.18 Å². The van der Waals surface area contributed by atoms with E-state index in [9.17, 15) is 9.18 Å². The molecule has 1 aromatic heterocycles. The smallest absolute Gasteiger partial charge is 0.254 e. The summed E-state index contributed by atoms with van der Waals surface area (Å²) in [6.45, 7) is 5.74. The molecular formula is C20H29FN6O. The molecule has 0 saturated carbocycles. The lowest BCUT2D eigenvalue weighted by Gasteiger charge is -2.22. The van der Waals surface area contributed by atoms with E-state index in [2.05, 4.69) is 34.6 Å². The minimum Gasteiger partial charge on any atom is -0.354 e. The lowest BCUT2D eigenvalue weighted by Crippen LogP contribution is -2.42. The van der Waals surface area contributed by atoms with Crippen molar-refractivity contribution in [1.82, 2.24) is 25.3 Å². The van der Waals surface area contributed by atoms with Crippen molar-refractivity contribution in [2.24, 2.45) is 12.0 Å². The normalized spacial score (nSPS) is 11.6. The van der Waals surface area contributed by atoms with Crippen molar-refractivity contribution in [2.45, 2.75) is 26.3 Å². The fourth-order valence-corrected chi connectivity index (χ4v) is 2.97. The van der Waals surface area contributed by atoms with Crippen LogP contribution in [0.2, 0.25) is 0 Å². The molecule has 0 aliphatic heterocycles. The SMILES string of the molecule is CN=C(NCCNC(=O)c1ccccc1F)N(C)Cc1cn(C)nc1C(C)C. The van der Waals surface area contributed by atoms with Gasteiger partial charge in [-0.25, -0.2) is 4.39 Å². The molecule has 2 N–H and O–H groups in total. The highest BCUT2D eigenvalue weighted by Crippen LogP contribution is 2.18. The number of hydrogen-bond acceptors (Lipinski definition) is 3. The highest BCUT2D eigenvalue weighted by molar-refractivity contribution is 5.94. The Morgan fingerprint density at radius 3 is 2.61 bits per heavy atom. The summed E-state index contributed by atoms with van der Waals surface area (Å²) >= 11 is 0. The molecule has 0 radical (unpaired) electrons. The Kier molecular flexibility index (Phi) is 7.54.